The monoisotopic (exact) mass is 550 g/mol. The number of piperidine rings is 1. The van der Waals surface area contributed by atoms with Gasteiger partial charge >= 0.3 is 0 Å². The smallest absolute Gasteiger partial charge is 0.254 e. The van der Waals surface area contributed by atoms with Crippen molar-refractivity contribution >= 4 is 23.2 Å². The number of carbonyl (C=O) groups excluding carboxylic acids is 2. The number of terminal acetylenes is 1. The van der Waals surface area contributed by atoms with E-state index in [2.05, 4.69) is 22.2 Å². The number of primary amides is 1. The fourth-order valence-electron chi connectivity index (χ4n) is 5.72. The predicted octanol–water partition coefficient (Wildman–Crippen LogP) is 3.98. The zero-order chi connectivity index (χ0) is 29.5. The van der Waals surface area contributed by atoms with Crippen molar-refractivity contribution in [1.82, 2.24) is 9.80 Å². The molecule has 2 aromatic rings. The van der Waals surface area contributed by atoms with Crippen molar-refractivity contribution in [3.05, 3.63) is 82.6 Å². The van der Waals surface area contributed by atoms with E-state index >= 15 is 0 Å². The molecule has 0 bridgehead atoms. The summed E-state index contributed by atoms with van der Waals surface area (Å²) in [6.07, 6.45) is 10.7. The molecule has 41 heavy (non-hydrogen) atoms. The topological polar surface area (TPSA) is 106 Å². The Labute approximate surface area is 243 Å². The highest BCUT2D eigenvalue weighted by Crippen LogP contribution is 2.28. The van der Waals surface area contributed by atoms with E-state index in [1.54, 1.807) is 17.1 Å². The van der Waals surface area contributed by atoms with Gasteiger partial charge in [-0.05, 0) is 62.9 Å². The number of hydrogen-bond donors (Lipinski definition) is 2. The molecule has 4 rings (SSSR count). The van der Waals surface area contributed by atoms with E-state index in [1.807, 2.05) is 68.1 Å². The van der Waals surface area contributed by atoms with Crippen LogP contribution in [0.25, 0.3) is 0 Å². The lowest BCUT2D eigenvalue weighted by atomic mass is 9.98. The van der Waals surface area contributed by atoms with E-state index in [9.17, 15) is 14.9 Å². The summed E-state index contributed by atoms with van der Waals surface area (Å²) in [5.74, 6) is 2.02. The molecule has 3 N–H and O–H groups in total. The highest BCUT2D eigenvalue weighted by Gasteiger charge is 2.34. The highest BCUT2D eigenvalue weighted by atomic mass is 16.2. The summed E-state index contributed by atoms with van der Waals surface area (Å²) >= 11 is 0. The Morgan fingerprint density at radius 2 is 1.76 bits per heavy atom. The van der Waals surface area contributed by atoms with Gasteiger partial charge < -0.3 is 25.8 Å². The van der Waals surface area contributed by atoms with Crippen LogP contribution in [0.5, 0.6) is 0 Å². The maximum atomic E-state index is 13.8. The van der Waals surface area contributed by atoms with Gasteiger partial charge in [0.1, 0.15) is 12.1 Å². The first kappa shape index (κ1) is 29.3. The minimum absolute atomic E-state index is 0.0984. The quantitative estimate of drug-likeness (QED) is 0.307. The molecule has 2 heterocycles. The van der Waals surface area contributed by atoms with Gasteiger partial charge in [0, 0.05) is 55.2 Å². The summed E-state index contributed by atoms with van der Waals surface area (Å²) in [7, 11) is 0. The number of anilines is 2. The van der Waals surface area contributed by atoms with E-state index in [1.165, 1.54) is 0 Å². The largest absolute Gasteiger partial charge is 0.382 e. The molecule has 0 saturated carbocycles. The Morgan fingerprint density at radius 1 is 1.05 bits per heavy atom. The Hall–Kier alpha value is -4.69. The van der Waals surface area contributed by atoms with E-state index in [-0.39, 0.29) is 18.5 Å². The summed E-state index contributed by atoms with van der Waals surface area (Å²) in [6.45, 7) is 8.62. The second-order valence-electron chi connectivity index (χ2n) is 10.6. The van der Waals surface area contributed by atoms with Crippen LogP contribution in [0.4, 0.5) is 11.4 Å². The van der Waals surface area contributed by atoms with Crippen LogP contribution in [0.2, 0.25) is 0 Å². The first-order valence-corrected chi connectivity index (χ1v) is 14.0. The molecule has 2 aliphatic heterocycles. The number of nitriles is 1. The number of para-hydroxylation sites is 1. The van der Waals surface area contributed by atoms with Gasteiger partial charge in [-0.2, -0.15) is 5.26 Å². The fraction of sp³-hybridized carbons (Fsp3) is 0.364. The number of hydrogen-bond acceptors (Lipinski definition) is 6. The van der Waals surface area contributed by atoms with Gasteiger partial charge in [0.05, 0.1) is 17.8 Å². The molecular formula is C33H38N6O2. The normalized spacial score (nSPS) is 18.5. The van der Waals surface area contributed by atoms with Crippen molar-refractivity contribution in [2.45, 2.75) is 45.7 Å². The van der Waals surface area contributed by atoms with Crippen molar-refractivity contribution in [3.8, 4) is 18.4 Å². The average molecular weight is 551 g/mol. The van der Waals surface area contributed by atoms with Crippen molar-refractivity contribution < 1.29 is 9.59 Å². The molecule has 2 fully saturated rings. The third kappa shape index (κ3) is 6.56. The molecule has 212 valence electrons. The highest BCUT2D eigenvalue weighted by molar-refractivity contribution is 5.98. The second-order valence-corrected chi connectivity index (χ2v) is 10.6. The number of likely N-dealkylation sites (tertiary alicyclic amines) is 1. The number of rotatable bonds is 7. The third-order valence-corrected chi connectivity index (χ3v) is 7.99. The fourth-order valence-corrected chi connectivity index (χ4v) is 5.72. The minimum atomic E-state index is -0.596. The number of benzene rings is 2. The molecule has 0 spiro atoms. The van der Waals surface area contributed by atoms with Crippen LogP contribution in [-0.2, 0) is 4.79 Å². The summed E-state index contributed by atoms with van der Waals surface area (Å²) in [5, 5.41) is 13.2. The molecule has 1 atom stereocenters. The summed E-state index contributed by atoms with van der Waals surface area (Å²) < 4.78 is 0. The van der Waals surface area contributed by atoms with Gasteiger partial charge in [-0.25, -0.2) is 0 Å². The van der Waals surface area contributed by atoms with E-state index in [0.29, 0.717) is 24.2 Å². The molecule has 2 amide bonds. The van der Waals surface area contributed by atoms with Crippen LogP contribution >= 0.6 is 0 Å². The minimum Gasteiger partial charge on any atom is -0.382 e. The maximum absolute atomic E-state index is 13.8. The van der Waals surface area contributed by atoms with Crippen LogP contribution < -0.4 is 16.0 Å². The lowest BCUT2D eigenvalue weighted by Gasteiger charge is -2.41. The number of carbonyl (C=O) groups is 2. The van der Waals surface area contributed by atoms with Gasteiger partial charge in [-0.3, -0.25) is 9.59 Å². The first-order valence-electron chi connectivity index (χ1n) is 14.0. The molecule has 1 unspecified atom stereocenters. The average Bonchev–Trinajstić information content (AvgIpc) is 2.99. The second kappa shape index (κ2) is 13.1. The molecule has 8 heteroatoms. The third-order valence-electron chi connectivity index (χ3n) is 7.99. The number of allylic oxidation sites excluding steroid dienone is 3. The van der Waals surface area contributed by atoms with Crippen LogP contribution in [0.1, 0.15) is 41.3 Å². The van der Waals surface area contributed by atoms with Gasteiger partial charge in [-0.1, -0.05) is 36.3 Å². The number of aryl methyl sites for hydroxylation is 2. The first-order chi connectivity index (χ1) is 19.8. The Morgan fingerprint density at radius 3 is 2.37 bits per heavy atom. The van der Waals surface area contributed by atoms with E-state index < -0.39 is 11.9 Å². The lowest BCUT2D eigenvalue weighted by Crippen LogP contribution is -2.59. The molecule has 8 nitrogen and oxygen atoms in total. The van der Waals surface area contributed by atoms with Crippen LogP contribution in [0.3, 0.4) is 0 Å². The van der Waals surface area contributed by atoms with Crippen molar-refractivity contribution in [3.63, 3.8) is 0 Å². The lowest BCUT2D eigenvalue weighted by molar-refractivity contribution is -0.119. The standard InChI is InChI=1S/C33H38N6O2/c1-5-10-30(25(6-2)21-34)37-15-13-26(14-16-37)36-29-20-28(23(3)19-24(29)4)33(41)38-17-18-39(31(22-38)32(35)40)27-11-8-7-9-12-27/h1,6-12,19-20,26,31,36H,13-18,22H2,2-4H3,(H2,35,40)/b25-6-,30-10+. The number of piperazine rings is 1. The van der Waals surface area contributed by atoms with Gasteiger partial charge in [0.25, 0.3) is 5.91 Å². The number of nitrogens with zero attached hydrogens (tertiary/aromatic N) is 4. The maximum Gasteiger partial charge on any atom is 0.254 e. The van der Waals surface area contributed by atoms with Crippen molar-refractivity contribution in [2.24, 2.45) is 5.73 Å². The number of nitrogens with one attached hydrogen (secondary N) is 1. The van der Waals surface area contributed by atoms with E-state index in [0.717, 1.165) is 54.1 Å². The SMILES string of the molecule is C#C/C=C(\C(C#N)=C/C)N1CCC(Nc2cc(C(=O)N3CCN(c4ccccc4)C(C(N)=O)C3)c(C)cc2C)CC1. The van der Waals surface area contributed by atoms with Gasteiger partial charge in [0.2, 0.25) is 5.91 Å². The van der Waals surface area contributed by atoms with E-state index in [4.69, 9.17) is 12.2 Å². The van der Waals surface area contributed by atoms with Crippen LogP contribution in [0, 0.1) is 37.5 Å². The summed E-state index contributed by atoms with van der Waals surface area (Å²) in [4.78, 5) is 32.0. The zero-order valence-electron chi connectivity index (χ0n) is 24.1. The Balaban J connectivity index is 1.46. The van der Waals surface area contributed by atoms with Gasteiger partial charge in [-0.15, -0.1) is 6.42 Å². The Bertz CT molecular complexity index is 1420. The molecule has 2 saturated heterocycles. The number of nitrogens with two attached hydrogens (primary N) is 1. The Kier molecular flexibility index (Phi) is 9.37. The summed E-state index contributed by atoms with van der Waals surface area (Å²) in [6, 6.07) is 15.5. The molecule has 2 aliphatic rings. The van der Waals surface area contributed by atoms with Crippen LogP contribution in [-0.4, -0.2) is 66.4 Å². The van der Waals surface area contributed by atoms with Crippen LogP contribution in [0.15, 0.2) is 65.9 Å². The molecule has 0 radical (unpaired) electrons. The molecule has 0 aromatic heterocycles. The predicted molar refractivity (Wildman–Crippen MR) is 163 cm³/mol. The molecule has 2 aromatic carbocycles. The van der Waals surface area contributed by atoms with Crippen molar-refractivity contribution in [2.75, 3.05) is 42.9 Å². The molecular weight excluding hydrogens is 512 g/mol. The van der Waals surface area contributed by atoms with Crippen molar-refractivity contribution in [1.29, 1.82) is 5.26 Å². The number of amides is 2. The summed E-state index contributed by atoms with van der Waals surface area (Å²) in [5.41, 5.74) is 11.6. The molecule has 0 aliphatic carbocycles. The van der Waals surface area contributed by atoms with Gasteiger partial charge in [0.15, 0.2) is 0 Å². The zero-order valence-corrected chi connectivity index (χ0v) is 24.1.